The highest BCUT2D eigenvalue weighted by Crippen LogP contribution is 2.21. The third-order valence-corrected chi connectivity index (χ3v) is 2.05. The number of amides is 1. The molecule has 0 saturated heterocycles. The average Bonchev–Trinajstić information content (AvgIpc) is 1.94. The lowest BCUT2D eigenvalue weighted by molar-refractivity contribution is 0.210. The Morgan fingerprint density at radius 1 is 1.75 bits per heavy atom. The van der Waals surface area contributed by atoms with Gasteiger partial charge in [0.05, 0.1) is 9.77 Å². The summed E-state index contributed by atoms with van der Waals surface area (Å²) in [5, 5.41) is 0.344. The standard InChI is InChI=1S/C6H4ClIN2O2/c7-5-1-3(8)4(2-10-5)12-6(9)11/h1-2H,(H2,9,11). The minimum Gasteiger partial charge on any atom is -0.408 e. The minimum atomic E-state index is -0.864. The van der Waals surface area contributed by atoms with E-state index < -0.39 is 6.09 Å². The van der Waals surface area contributed by atoms with Gasteiger partial charge in [-0.25, -0.2) is 9.78 Å². The molecule has 1 aromatic heterocycles. The van der Waals surface area contributed by atoms with Crippen molar-refractivity contribution in [2.24, 2.45) is 5.73 Å². The van der Waals surface area contributed by atoms with Gasteiger partial charge >= 0.3 is 6.09 Å². The van der Waals surface area contributed by atoms with E-state index in [9.17, 15) is 4.79 Å². The molecular formula is C6H4ClIN2O2. The van der Waals surface area contributed by atoms with E-state index in [-0.39, 0.29) is 0 Å². The molecule has 0 unspecified atom stereocenters. The first-order valence-electron chi connectivity index (χ1n) is 2.88. The van der Waals surface area contributed by atoms with Gasteiger partial charge in [-0.05, 0) is 28.7 Å². The summed E-state index contributed by atoms with van der Waals surface area (Å²) in [6, 6.07) is 1.57. The third kappa shape index (κ3) is 2.49. The van der Waals surface area contributed by atoms with Crippen molar-refractivity contribution in [1.82, 2.24) is 4.98 Å². The Balaban J connectivity index is 2.93. The molecule has 1 aromatic rings. The summed E-state index contributed by atoms with van der Waals surface area (Å²) in [6.45, 7) is 0. The Bertz CT molecular complexity index is 318. The van der Waals surface area contributed by atoms with E-state index in [2.05, 4.69) is 9.72 Å². The SMILES string of the molecule is NC(=O)Oc1cnc(Cl)cc1I. The number of nitrogens with two attached hydrogens (primary N) is 1. The molecular weight excluding hydrogens is 294 g/mol. The number of pyridine rings is 1. The zero-order chi connectivity index (χ0) is 9.14. The van der Waals surface area contributed by atoms with E-state index in [1.807, 2.05) is 22.6 Å². The molecule has 1 heterocycles. The monoisotopic (exact) mass is 298 g/mol. The van der Waals surface area contributed by atoms with E-state index in [0.29, 0.717) is 14.5 Å². The lowest BCUT2D eigenvalue weighted by Crippen LogP contribution is -2.16. The van der Waals surface area contributed by atoms with Crippen LogP contribution in [0.15, 0.2) is 12.3 Å². The van der Waals surface area contributed by atoms with Crippen LogP contribution in [0.1, 0.15) is 0 Å². The molecule has 4 nitrogen and oxygen atoms in total. The summed E-state index contributed by atoms with van der Waals surface area (Å²) >= 11 is 7.53. The van der Waals surface area contributed by atoms with Gasteiger partial charge < -0.3 is 10.5 Å². The fourth-order valence-corrected chi connectivity index (χ4v) is 1.46. The van der Waals surface area contributed by atoms with Crippen molar-refractivity contribution >= 4 is 40.3 Å². The van der Waals surface area contributed by atoms with Gasteiger partial charge in [0.2, 0.25) is 0 Å². The van der Waals surface area contributed by atoms with Crippen molar-refractivity contribution in [1.29, 1.82) is 0 Å². The van der Waals surface area contributed by atoms with Gasteiger partial charge in [0.15, 0.2) is 5.75 Å². The van der Waals surface area contributed by atoms with Crippen LogP contribution in [0, 0.1) is 3.57 Å². The number of aromatic nitrogens is 1. The fraction of sp³-hybridized carbons (Fsp3) is 0. The van der Waals surface area contributed by atoms with Crippen molar-refractivity contribution in [3.05, 3.63) is 21.0 Å². The minimum absolute atomic E-state index is 0.313. The van der Waals surface area contributed by atoms with E-state index in [1.165, 1.54) is 6.20 Å². The number of hydrogen-bond acceptors (Lipinski definition) is 3. The van der Waals surface area contributed by atoms with Crippen LogP contribution in [-0.4, -0.2) is 11.1 Å². The van der Waals surface area contributed by atoms with Crippen LogP contribution in [-0.2, 0) is 0 Å². The molecule has 0 spiro atoms. The number of rotatable bonds is 1. The van der Waals surface area contributed by atoms with Gasteiger partial charge in [0.1, 0.15) is 5.15 Å². The quantitative estimate of drug-likeness (QED) is 0.635. The van der Waals surface area contributed by atoms with Gasteiger partial charge in [0.25, 0.3) is 0 Å². The third-order valence-electron chi connectivity index (χ3n) is 0.997. The van der Waals surface area contributed by atoms with Crippen molar-refractivity contribution < 1.29 is 9.53 Å². The molecule has 0 atom stereocenters. The maximum atomic E-state index is 10.3. The molecule has 0 bridgehead atoms. The fourth-order valence-electron chi connectivity index (χ4n) is 0.578. The first-order chi connectivity index (χ1) is 5.59. The van der Waals surface area contributed by atoms with Crippen LogP contribution in [0.25, 0.3) is 0 Å². The number of hydrogen-bond donors (Lipinski definition) is 1. The van der Waals surface area contributed by atoms with Crippen LogP contribution in [0.5, 0.6) is 5.75 Å². The summed E-state index contributed by atoms with van der Waals surface area (Å²) in [4.78, 5) is 14.1. The van der Waals surface area contributed by atoms with Gasteiger partial charge in [-0.2, -0.15) is 0 Å². The summed E-state index contributed by atoms with van der Waals surface area (Å²) in [7, 11) is 0. The average molecular weight is 298 g/mol. The molecule has 1 amide bonds. The highest BCUT2D eigenvalue weighted by atomic mass is 127. The number of ether oxygens (including phenoxy) is 1. The van der Waals surface area contributed by atoms with E-state index >= 15 is 0 Å². The lowest BCUT2D eigenvalue weighted by atomic mass is 10.5. The van der Waals surface area contributed by atoms with Crippen LogP contribution in [0.4, 0.5) is 4.79 Å². The zero-order valence-corrected chi connectivity index (χ0v) is 8.67. The number of halogens is 2. The second kappa shape index (κ2) is 3.90. The highest BCUT2D eigenvalue weighted by molar-refractivity contribution is 14.1. The molecule has 0 saturated carbocycles. The van der Waals surface area contributed by atoms with E-state index in [1.54, 1.807) is 6.07 Å². The number of carbonyl (C=O) groups excluding carboxylic acids is 1. The van der Waals surface area contributed by atoms with E-state index in [0.717, 1.165) is 0 Å². The summed E-state index contributed by atoms with van der Waals surface area (Å²) < 4.78 is 5.30. The second-order valence-corrected chi connectivity index (χ2v) is 3.41. The summed E-state index contributed by atoms with van der Waals surface area (Å²) in [6.07, 6.45) is 0.478. The first-order valence-corrected chi connectivity index (χ1v) is 4.33. The Hall–Kier alpha value is -0.560. The molecule has 0 aromatic carbocycles. The van der Waals surface area contributed by atoms with Gasteiger partial charge in [-0.1, -0.05) is 11.6 Å². The normalized spacial score (nSPS) is 9.50. The van der Waals surface area contributed by atoms with Crippen LogP contribution >= 0.6 is 34.2 Å². The Morgan fingerprint density at radius 2 is 2.42 bits per heavy atom. The van der Waals surface area contributed by atoms with Crippen molar-refractivity contribution in [2.75, 3.05) is 0 Å². The van der Waals surface area contributed by atoms with Gasteiger partial charge in [0, 0.05) is 0 Å². The predicted octanol–water partition coefficient (Wildman–Crippen LogP) is 1.80. The molecule has 0 aliphatic rings. The Kier molecular flexibility index (Phi) is 3.10. The number of carbonyl (C=O) groups is 1. The maximum Gasteiger partial charge on any atom is 0.410 e. The van der Waals surface area contributed by atoms with Gasteiger partial charge in [-0.3, -0.25) is 0 Å². The molecule has 0 fully saturated rings. The molecule has 1 rings (SSSR count). The van der Waals surface area contributed by atoms with E-state index in [4.69, 9.17) is 17.3 Å². The van der Waals surface area contributed by atoms with Crippen molar-refractivity contribution in [3.8, 4) is 5.75 Å². The first kappa shape index (κ1) is 9.53. The van der Waals surface area contributed by atoms with Crippen LogP contribution in [0.2, 0.25) is 5.15 Å². The smallest absolute Gasteiger partial charge is 0.408 e. The number of nitrogens with zero attached hydrogens (tertiary/aromatic N) is 1. The largest absolute Gasteiger partial charge is 0.410 e. The molecule has 64 valence electrons. The maximum absolute atomic E-state index is 10.3. The lowest BCUT2D eigenvalue weighted by Gasteiger charge is -2.01. The highest BCUT2D eigenvalue weighted by Gasteiger charge is 2.04. The molecule has 2 N–H and O–H groups in total. The Labute approximate surface area is 87.2 Å². The topological polar surface area (TPSA) is 65.2 Å². The van der Waals surface area contributed by atoms with Crippen molar-refractivity contribution in [3.63, 3.8) is 0 Å². The number of primary amides is 1. The summed E-state index contributed by atoms with van der Waals surface area (Å²) in [5.74, 6) is 0.313. The van der Waals surface area contributed by atoms with Crippen LogP contribution in [0.3, 0.4) is 0 Å². The molecule has 0 aliphatic carbocycles. The van der Waals surface area contributed by atoms with Crippen molar-refractivity contribution in [2.45, 2.75) is 0 Å². The molecule has 6 heteroatoms. The zero-order valence-electron chi connectivity index (χ0n) is 5.75. The summed E-state index contributed by atoms with van der Waals surface area (Å²) in [5.41, 5.74) is 4.81. The molecule has 0 aliphatic heterocycles. The van der Waals surface area contributed by atoms with Crippen LogP contribution < -0.4 is 10.5 Å². The molecule has 12 heavy (non-hydrogen) atoms. The predicted molar refractivity (Wildman–Crippen MR) is 52.2 cm³/mol. The molecule has 0 radical (unpaired) electrons. The van der Waals surface area contributed by atoms with Gasteiger partial charge in [-0.15, -0.1) is 0 Å². The second-order valence-electron chi connectivity index (χ2n) is 1.86. The Morgan fingerprint density at radius 3 is 2.92 bits per heavy atom.